The van der Waals surface area contributed by atoms with Crippen LogP contribution in [0.3, 0.4) is 0 Å². The van der Waals surface area contributed by atoms with Gasteiger partial charge in [-0.25, -0.2) is 0 Å². The molecule has 0 unspecified atom stereocenters. The number of nitrogens with zero attached hydrogens (tertiary/aromatic N) is 3. The van der Waals surface area contributed by atoms with Crippen molar-refractivity contribution in [3.63, 3.8) is 0 Å². The molecule has 1 aliphatic rings. The summed E-state index contributed by atoms with van der Waals surface area (Å²) < 4.78 is 5.27. The van der Waals surface area contributed by atoms with Crippen molar-refractivity contribution in [1.82, 2.24) is 14.8 Å². The number of amides is 2. The Morgan fingerprint density at radius 3 is 2.46 bits per heavy atom. The minimum absolute atomic E-state index is 0.0448. The second kappa shape index (κ2) is 10.3. The molecular formula is C29H29N5O3. The van der Waals surface area contributed by atoms with E-state index in [1.54, 1.807) is 18.3 Å². The maximum absolute atomic E-state index is 13.1. The van der Waals surface area contributed by atoms with Gasteiger partial charge >= 0.3 is 0 Å². The van der Waals surface area contributed by atoms with Crippen LogP contribution in [0.25, 0.3) is 22.0 Å². The van der Waals surface area contributed by atoms with Crippen molar-refractivity contribution >= 4 is 34.1 Å². The van der Waals surface area contributed by atoms with Gasteiger partial charge < -0.3 is 25.6 Å². The molecule has 8 heteroatoms. The second-order valence-electron chi connectivity index (χ2n) is 9.17. The van der Waals surface area contributed by atoms with Crippen molar-refractivity contribution in [1.29, 1.82) is 0 Å². The number of ether oxygens (including phenoxy) is 1. The van der Waals surface area contributed by atoms with Crippen molar-refractivity contribution in [2.45, 2.75) is 0 Å². The van der Waals surface area contributed by atoms with Gasteiger partial charge in [0.1, 0.15) is 5.75 Å². The molecule has 0 atom stereocenters. The van der Waals surface area contributed by atoms with Crippen molar-refractivity contribution in [2.75, 3.05) is 45.7 Å². The first-order chi connectivity index (χ1) is 17.9. The van der Waals surface area contributed by atoms with Gasteiger partial charge in [-0.1, -0.05) is 18.2 Å². The molecule has 2 amide bonds. The summed E-state index contributed by atoms with van der Waals surface area (Å²) in [5.74, 6) is -0.0649. The van der Waals surface area contributed by atoms with E-state index in [1.807, 2.05) is 59.5 Å². The zero-order chi connectivity index (χ0) is 25.9. The molecule has 1 aromatic heterocycles. The predicted octanol–water partition coefficient (Wildman–Crippen LogP) is 4.14. The Morgan fingerprint density at radius 1 is 0.946 bits per heavy atom. The van der Waals surface area contributed by atoms with E-state index in [2.05, 4.69) is 22.2 Å². The number of hydrogen-bond acceptors (Lipinski definition) is 6. The van der Waals surface area contributed by atoms with Crippen molar-refractivity contribution in [2.24, 2.45) is 5.73 Å². The van der Waals surface area contributed by atoms with E-state index in [-0.39, 0.29) is 5.91 Å². The average molecular weight is 496 g/mol. The number of methoxy groups -OCH3 is 1. The molecule has 0 aliphatic carbocycles. The Kier molecular flexibility index (Phi) is 6.74. The highest BCUT2D eigenvalue weighted by Crippen LogP contribution is 2.32. The first kappa shape index (κ1) is 24.3. The topological polar surface area (TPSA) is 101 Å². The minimum atomic E-state index is -0.547. The molecule has 0 radical (unpaired) electrons. The maximum Gasteiger partial charge on any atom is 0.254 e. The highest BCUT2D eigenvalue weighted by molar-refractivity contribution is 5.99. The van der Waals surface area contributed by atoms with Gasteiger partial charge in [0.25, 0.3) is 11.8 Å². The fourth-order valence-electron chi connectivity index (χ4n) is 4.59. The number of carbonyl (C=O) groups excluding carboxylic acids is 2. The standard InChI is InChI=1S/C29H29N5O3/c1-33-12-14-34(15-13-33)29(36)21-4-3-5-22(16-21)32-26-10-11-31-25-8-6-19(17-23(25)26)20-7-9-27(37-2)24(18-20)28(30)35/h3-11,16-18H,12-15H2,1-2H3,(H2,30,35)(H,31,32). The van der Waals surface area contributed by atoms with Crippen molar-refractivity contribution in [3.05, 3.63) is 84.1 Å². The van der Waals surface area contributed by atoms with Gasteiger partial charge in [-0.15, -0.1) is 0 Å². The highest BCUT2D eigenvalue weighted by atomic mass is 16.5. The van der Waals surface area contributed by atoms with Crippen LogP contribution < -0.4 is 15.8 Å². The van der Waals surface area contributed by atoms with Crippen LogP contribution in [-0.4, -0.2) is 66.9 Å². The number of nitrogens with one attached hydrogen (secondary N) is 1. The fraction of sp³-hybridized carbons (Fsp3) is 0.207. The molecular weight excluding hydrogens is 466 g/mol. The number of likely N-dealkylation sites (N-methyl/N-ethyl adjacent to an activating group) is 1. The van der Waals surface area contributed by atoms with Crippen LogP contribution in [-0.2, 0) is 0 Å². The Hall–Kier alpha value is -4.43. The van der Waals surface area contributed by atoms with Crippen LogP contribution in [0.1, 0.15) is 20.7 Å². The number of benzene rings is 3. The molecule has 8 nitrogen and oxygen atoms in total. The van der Waals surface area contributed by atoms with E-state index in [0.717, 1.165) is 59.6 Å². The molecule has 4 aromatic rings. The number of nitrogens with two attached hydrogens (primary N) is 1. The highest BCUT2D eigenvalue weighted by Gasteiger charge is 2.20. The van der Waals surface area contributed by atoms with E-state index in [4.69, 9.17) is 10.5 Å². The van der Waals surface area contributed by atoms with E-state index < -0.39 is 5.91 Å². The molecule has 3 aromatic carbocycles. The molecule has 5 rings (SSSR count). The summed E-state index contributed by atoms with van der Waals surface area (Å²) in [7, 11) is 3.58. The molecule has 1 fully saturated rings. The second-order valence-corrected chi connectivity index (χ2v) is 9.17. The van der Waals surface area contributed by atoms with Crippen LogP contribution in [0.5, 0.6) is 5.75 Å². The van der Waals surface area contributed by atoms with Crippen molar-refractivity contribution in [3.8, 4) is 16.9 Å². The van der Waals surface area contributed by atoms with Crippen LogP contribution in [0.2, 0.25) is 0 Å². The Bertz CT molecular complexity index is 1480. The zero-order valence-electron chi connectivity index (χ0n) is 20.9. The number of aromatic nitrogens is 1. The van der Waals surface area contributed by atoms with Gasteiger partial charge in [0, 0.05) is 54.7 Å². The molecule has 188 valence electrons. The number of carbonyl (C=O) groups is 2. The first-order valence-electron chi connectivity index (χ1n) is 12.1. The molecule has 3 N–H and O–H groups in total. The van der Waals surface area contributed by atoms with Gasteiger partial charge in [-0.2, -0.15) is 0 Å². The Labute approximate surface area is 215 Å². The third-order valence-corrected chi connectivity index (χ3v) is 6.72. The smallest absolute Gasteiger partial charge is 0.254 e. The number of primary amides is 1. The molecule has 0 saturated carbocycles. The number of anilines is 2. The summed E-state index contributed by atoms with van der Waals surface area (Å²) in [5, 5.41) is 4.38. The van der Waals surface area contributed by atoms with E-state index in [1.165, 1.54) is 7.11 Å². The van der Waals surface area contributed by atoms with Crippen LogP contribution in [0, 0.1) is 0 Å². The van der Waals surface area contributed by atoms with Crippen molar-refractivity contribution < 1.29 is 14.3 Å². The molecule has 1 aliphatic heterocycles. The van der Waals surface area contributed by atoms with E-state index >= 15 is 0 Å². The molecule has 1 saturated heterocycles. The van der Waals surface area contributed by atoms with Gasteiger partial charge in [-0.3, -0.25) is 14.6 Å². The largest absolute Gasteiger partial charge is 0.496 e. The third kappa shape index (κ3) is 5.10. The van der Waals surface area contributed by atoms with Crippen LogP contribution in [0.4, 0.5) is 11.4 Å². The van der Waals surface area contributed by atoms with Gasteiger partial charge in [0.15, 0.2) is 0 Å². The molecule has 37 heavy (non-hydrogen) atoms. The quantitative estimate of drug-likeness (QED) is 0.417. The molecule has 2 heterocycles. The number of hydrogen-bond donors (Lipinski definition) is 2. The number of fused-ring (bicyclic) bond motifs is 1. The third-order valence-electron chi connectivity index (χ3n) is 6.72. The maximum atomic E-state index is 13.1. The van der Waals surface area contributed by atoms with Gasteiger partial charge in [-0.05, 0) is 66.7 Å². The van der Waals surface area contributed by atoms with E-state index in [0.29, 0.717) is 16.9 Å². The van der Waals surface area contributed by atoms with Gasteiger partial charge in [0.2, 0.25) is 0 Å². The molecule has 0 bridgehead atoms. The zero-order valence-corrected chi connectivity index (χ0v) is 20.9. The lowest BCUT2D eigenvalue weighted by atomic mass is 10.00. The van der Waals surface area contributed by atoms with E-state index in [9.17, 15) is 9.59 Å². The SMILES string of the molecule is COc1ccc(-c2ccc3nccc(Nc4cccc(C(=O)N5CCN(C)CC5)c4)c3c2)cc1C(N)=O. The Morgan fingerprint density at radius 2 is 1.70 bits per heavy atom. The summed E-state index contributed by atoms with van der Waals surface area (Å²) in [6, 6.07) is 20.8. The first-order valence-corrected chi connectivity index (χ1v) is 12.1. The Balaban J connectivity index is 1.45. The summed E-state index contributed by atoms with van der Waals surface area (Å²) in [5.41, 5.74) is 10.8. The summed E-state index contributed by atoms with van der Waals surface area (Å²) in [6.07, 6.45) is 1.75. The minimum Gasteiger partial charge on any atom is -0.496 e. The molecule has 0 spiro atoms. The lowest BCUT2D eigenvalue weighted by Crippen LogP contribution is -2.47. The number of pyridine rings is 1. The summed E-state index contributed by atoms with van der Waals surface area (Å²) in [6.45, 7) is 3.22. The number of rotatable bonds is 6. The van der Waals surface area contributed by atoms with Crippen LogP contribution in [0.15, 0.2) is 72.9 Å². The average Bonchev–Trinajstić information content (AvgIpc) is 2.93. The predicted molar refractivity (Wildman–Crippen MR) is 145 cm³/mol. The monoisotopic (exact) mass is 495 g/mol. The van der Waals surface area contributed by atoms with Crippen LogP contribution >= 0.6 is 0 Å². The fourth-order valence-corrected chi connectivity index (χ4v) is 4.59. The lowest BCUT2D eigenvalue weighted by Gasteiger charge is -2.32. The summed E-state index contributed by atoms with van der Waals surface area (Å²) in [4.78, 5) is 33.6. The lowest BCUT2D eigenvalue weighted by molar-refractivity contribution is 0.0664. The van der Waals surface area contributed by atoms with Gasteiger partial charge in [0.05, 0.1) is 18.2 Å². The summed E-state index contributed by atoms with van der Waals surface area (Å²) >= 11 is 0. The normalized spacial score (nSPS) is 13.9. The number of piperazine rings is 1.